The van der Waals surface area contributed by atoms with Gasteiger partial charge in [0.25, 0.3) is 0 Å². The van der Waals surface area contributed by atoms with Crippen molar-refractivity contribution in [2.24, 2.45) is 5.92 Å². The van der Waals surface area contributed by atoms with Crippen LogP contribution < -0.4 is 5.32 Å². The number of fused-ring (bicyclic) bond motifs is 1. The van der Waals surface area contributed by atoms with Crippen molar-refractivity contribution in [3.05, 3.63) is 29.3 Å². The second-order valence-electron chi connectivity index (χ2n) is 4.89. The SMILES string of the molecule is O=S(=O)(c1cccc(Cl)c1)N1C[C@@H]2CCN[C@@H]2C1. The smallest absolute Gasteiger partial charge is 0.243 e. The number of rotatable bonds is 2. The number of sulfonamides is 1. The molecule has 6 heteroatoms. The highest BCUT2D eigenvalue weighted by atomic mass is 35.5. The maximum Gasteiger partial charge on any atom is 0.243 e. The molecule has 0 aromatic heterocycles. The van der Waals surface area contributed by atoms with Gasteiger partial charge < -0.3 is 5.32 Å². The van der Waals surface area contributed by atoms with Gasteiger partial charge in [-0.3, -0.25) is 0 Å². The van der Waals surface area contributed by atoms with Crippen LogP contribution in [0.15, 0.2) is 29.2 Å². The minimum absolute atomic E-state index is 0.287. The fourth-order valence-electron chi connectivity index (χ4n) is 2.78. The van der Waals surface area contributed by atoms with E-state index in [4.69, 9.17) is 11.6 Å². The van der Waals surface area contributed by atoms with Crippen LogP contribution >= 0.6 is 11.6 Å². The molecule has 18 heavy (non-hydrogen) atoms. The summed E-state index contributed by atoms with van der Waals surface area (Å²) in [6.07, 6.45) is 1.06. The summed E-state index contributed by atoms with van der Waals surface area (Å²) in [4.78, 5) is 0.287. The molecule has 2 aliphatic heterocycles. The van der Waals surface area contributed by atoms with Gasteiger partial charge in [-0.25, -0.2) is 8.42 Å². The van der Waals surface area contributed by atoms with Crippen molar-refractivity contribution in [2.45, 2.75) is 17.4 Å². The van der Waals surface area contributed by atoms with Crippen molar-refractivity contribution >= 4 is 21.6 Å². The molecule has 2 atom stereocenters. The summed E-state index contributed by atoms with van der Waals surface area (Å²) < 4.78 is 26.5. The third kappa shape index (κ3) is 2.05. The van der Waals surface area contributed by atoms with Gasteiger partial charge in [-0.05, 0) is 37.1 Å². The molecular weight excluding hydrogens is 272 g/mol. The molecule has 2 saturated heterocycles. The van der Waals surface area contributed by atoms with Gasteiger partial charge in [0, 0.05) is 24.2 Å². The van der Waals surface area contributed by atoms with Crippen LogP contribution in [0.3, 0.4) is 0 Å². The van der Waals surface area contributed by atoms with Crippen LogP contribution in [0.2, 0.25) is 5.02 Å². The topological polar surface area (TPSA) is 49.4 Å². The first-order chi connectivity index (χ1) is 8.57. The van der Waals surface area contributed by atoms with Gasteiger partial charge in [0.05, 0.1) is 4.90 Å². The van der Waals surface area contributed by atoms with E-state index in [0.717, 1.165) is 13.0 Å². The zero-order valence-corrected chi connectivity index (χ0v) is 11.4. The van der Waals surface area contributed by atoms with Crippen LogP contribution in [0, 0.1) is 5.92 Å². The third-order valence-corrected chi connectivity index (χ3v) is 5.83. The molecule has 0 bridgehead atoms. The summed E-state index contributed by atoms with van der Waals surface area (Å²) in [6, 6.07) is 6.78. The quantitative estimate of drug-likeness (QED) is 0.892. The lowest BCUT2D eigenvalue weighted by atomic mass is 10.1. The van der Waals surface area contributed by atoms with Gasteiger partial charge >= 0.3 is 0 Å². The molecule has 0 radical (unpaired) electrons. The average Bonchev–Trinajstić information content (AvgIpc) is 2.89. The lowest BCUT2D eigenvalue weighted by Crippen LogP contribution is -2.33. The molecule has 1 aromatic rings. The Morgan fingerprint density at radius 1 is 1.33 bits per heavy atom. The highest BCUT2D eigenvalue weighted by Gasteiger charge is 2.41. The lowest BCUT2D eigenvalue weighted by molar-refractivity contribution is 0.448. The normalized spacial score (nSPS) is 28.5. The number of halogens is 1. The second-order valence-corrected chi connectivity index (χ2v) is 7.26. The second kappa shape index (κ2) is 4.49. The highest BCUT2D eigenvalue weighted by Crippen LogP contribution is 2.29. The number of nitrogens with zero attached hydrogens (tertiary/aromatic N) is 1. The summed E-state index contributed by atoms with van der Waals surface area (Å²) >= 11 is 5.86. The molecule has 2 heterocycles. The first-order valence-corrected chi connectivity index (χ1v) is 7.88. The van der Waals surface area contributed by atoms with Crippen LogP contribution in [0.4, 0.5) is 0 Å². The Hall–Kier alpha value is -0.620. The van der Waals surface area contributed by atoms with E-state index in [1.807, 2.05) is 0 Å². The molecule has 0 saturated carbocycles. The van der Waals surface area contributed by atoms with Gasteiger partial charge in [-0.2, -0.15) is 4.31 Å². The van der Waals surface area contributed by atoms with Gasteiger partial charge in [0.15, 0.2) is 0 Å². The summed E-state index contributed by atoms with van der Waals surface area (Å²) in [7, 11) is -3.39. The fraction of sp³-hybridized carbons (Fsp3) is 0.500. The van der Waals surface area contributed by atoms with Gasteiger partial charge in [0.1, 0.15) is 0 Å². The number of hydrogen-bond acceptors (Lipinski definition) is 3. The zero-order valence-electron chi connectivity index (χ0n) is 9.84. The first-order valence-electron chi connectivity index (χ1n) is 6.06. The zero-order chi connectivity index (χ0) is 12.8. The monoisotopic (exact) mass is 286 g/mol. The van der Waals surface area contributed by atoms with Crippen molar-refractivity contribution in [1.82, 2.24) is 9.62 Å². The number of nitrogens with one attached hydrogen (secondary N) is 1. The fourth-order valence-corrected chi connectivity index (χ4v) is 4.61. The third-order valence-electron chi connectivity index (χ3n) is 3.76. The summed E-state index contributed by atoms with van der Waals surface area (Å²) in [6.45, 7) is 2.19. The van der Waals surface area contributed by atoms with E-state index in [9.17, 15) is 8.42 Å². The molecule has 0 spiro atoms. The van der Waals surface area contributed by atoms with E-state index in [-0.39, 0.29) is 4.90 Å². The Labute approximate surface area is 112 Å². The van der Waals surface area contributed by atoms with Gasteiger partial charge in [-0.1, -0.05) is 17.7 Å². The van der Waals surface area contributed by atoms with Gasteiger partial charge in [0.2, 0.25) is 10.0 Å². The standard InChI is InChI=1S/C12H15ClN2O2S/c13-10-2-1-3-11(6-10)18(16,17)15-7-9-4-5-14-12(9)8-15/h1-3,6,9,12,14H,4-5,7-8H2/t9-,12+/m0/s1. The maximum atomic E-state index is 12.5. The predicted molar refractivity (Wildman–Crippen MR) is 70.1 cm³/mol. The van der Waals surface area contributed by atoms with E-state index in [1.54, 1.807) is 22.5 Å². The molecule has 1 N–H and O–H groups in total. The minimum atomic E-state index is -3.39. The maximum absolute atomic E-state index is 12.5. The molecular formula is C12H15ClN2O2S. The number of benzene rings is 1. The Morgan fingerprint density at radius 3 is 2.89 bits per heavy atom. The van der Waals surface area contributed by atoms with Crippen LogP contribution in [0.5, 0.6) is 0 Å². The average molecular weight is 287 g/mol. The van der Waals surface area contributed by atoms with Crippen LogP contribution in [0.1, 0.15) is 6.42 Å². The highest BCUT2D eigenvalue weighted by molar-refractivity contribution is 7.89. The molecule has 3 rings (SSSR count). The van der Waals surface area contributed by atoms with Crippen LogP contribution in [-0.2, 0) is 10.0 Å². The Morgan fingerprint density at radius 2 is 2.17 bits per heavy atom. The van der Waals surface area contributed by atoms with E-state index < -0.39 is 10.0 Å². The van der Waals surface area contributed by atoms with E-state index in [0.29, 0.717) is 30.1 Å². The summed E-state index contributed by atoms with van der Waals surface area (Å²) in [5, 5.41) is 3.80. The summed E-state index contributed by atoms with van der Waals surface area (Å²) in [5.41, 5.74) is 0. The largest absolute Gasteiger partial charge is 0.312 e. The van der Waals surface area contributed by atoms with Crippen molar-refractivity contribution in [1.29, 1.82) is 0 Å². The Kier molecular flexibility index (Phi) is 3.10. The number of hydrogen-bond donors (Lipinski definition) is 1. The van der Waals surface area contributed by atoms with Crippen molar-refractivity contribution in [2.75, 3.05) is 19.6 Å². The molecule has 98 valence electrons. The predicted octanol–water partition coefficient (Wildman–Crippen LogP) is 1.32. The van der Waals surface area contributed by atoms with E-state index >= 15 is 0 Å². The van der Waals surface area contributed by atoms with E-state index in [1.165, 1.54) is 6.07 Å². The molecule has 0 amide bonds. The van der Waals surface area contributed by atoms with Crippen LogP contribution in [0.25, 0.3) is 0 Å². The molecule has 2 fully saturated rings. The molecule has 0 aliphatic carbocycles. The van der Waals surface area contributed by atoms with E-state index in [2.05, 4.69) is 5.32 Å². The lowest BCUT2D eigenvalue weighted by Gasteiger charge is -2.17. The van der Waals surface area contributed by atoms with Crippen molar-refractivity contribution in [3.63, 3.8) is 0 Å². The van der Waals surface area contributed by atoms with Gasteiger partial charge in [-0.15, -0.1) is 0 Å². The Bertz CT molecular complexity index is 549. The molecule has 1 aromatic carbocycles. The van der Waals surface area contributed by atoms with Crippen LogP contribution in [-0.4, -0.2) is 38.4 Å². The van der Waals surface area contributed by atoms with Crippen molar-refractivity contribution in [3.8, 4) is 0 Å². The molecule has 4 nitrogen and oxygen atoms in total. The molecule has 2 aliphatic rings. The minimum Gasteiger partial charge on any atom is -0.312 e. The molecule has 0 unspecified atom stereocenters. The first kappa shape index (κ1) is 12.4. The Balaban J connectivity index is 1.87. The van der Waals surface area contributed by atoms with Crippen molar-refractivity contribution < 1.29 is 8.42 Å². The summed E-state index contributed by atoms with van der Waals surface area (Å²) in [5.74, 6) is 0.457.